The van der Waals surface area contributed by atoms with E-state index < -0.39 is 0 Å². The van der Waals surface area contributed by atoms with Crippen LogP contribution in [0.2, 0.25) is 0 Å². The minimum absolute atomic E-state index is 0.211. The van der Waals surface area contributed by atoms with Gasteiger partial charge in [-0.05, 0) is 46.8 Å². The fraction of sp³-hybridized carbons (Fsp3) is 0.643. The number of hydrogen-bond donors (Lipinski definition) is 2. The van der Waals surface area contributed by atoms with E-state index in [1.54, 1.807) is 13.2 Å². The summed E-state index contributed by atoms with van der Waals surface area (Å²) in [5.41, 5.74) is 5.87. The molecule has 0 aliphatic rings. The molecule has 0 aromatic carbocycles. The molecule has 0 atom stereocenters. The largest absolute Gasteiger partial charge is 0.470 e. The number of ether oxygens (including phenoxy) is 2. The summed E-state index contributed by atoms with van der Waals surface area (Å²) in [4.78, 5) is 4.41. The van der Waals surface area contributed by atoms with E-state index >= 15 is 0 Å². The number of rotatable bonds is 5. The van der Waals surface area contributed by atoms with Crippen molar-refractivity contribution in [3.8, 4) is 5.88 Å². The van der Waals surface area contributed by atoms with Crippen LogP contribution in [0.5, 0.6) is 5.88 Å². The quantitative estimate of drug-likeness (QED) is 0.858. The average molecular weight is 267 g/mol. The van der Waals surface area contributed by atoms with E-state index in [1.165, 1.54) is 0 Å². The molecule has 0 unspecified atom stereocenters. The minimum Gasteiger partial charge on any atom is -0.470 e. The Kier molecular flexibility index (Phi) is 4.63. The number of methoxy groups -OCH3 is 1. The van der Waals surface area contributed by atoms with Crippen LogP contribution in [0, 0.1) is 0 Å². The highest BCUT2D eigenvalue weighted by Gasteiger charge is 2.20. The number of anilines is 2. The van der Waals surface area contributed by atoms with Gasteiger partial charge in [0.05, 0.1) is 17.8 Å². The third kappa shape index (κ3) is 5.34. The second-order valence-corrected chi connectivity index (χ2v) is 6.25. The van der Waals surface area contributed by atoms with Gasteiger partial charge in [-0.25, -0.2) is 0 Å². The maximum absolute atomic E-state index is 5.88. The van der Waals surface area contributed by atoms with Crippen LogP contribution in [-0.4, -0.2) is 29.8 Å². The Morgan fingerprint density at radius 2 is 1.84 bits per heavy atom. The molecule has 1 rings (SSSR count). The summed E-state index contributed by atoms with van der Waals surface area (Å²) >= 11 is 0. The highest BCUT2D eigenvalue weighted by molar-refractivity contribution is 5.54. The van der Waals surface area contributed by atoms with Crippen molar-refractivity contribution in [2.75, 3.05) is 24.8 Å². The van der Waals surface area contributed by atoms with E-state index in [2.05, 4.69) is 10.3 Å². The second-order valence-electron chi connectivity index (χ2n) is 6.25. The van der Waals surface area contributed by atoms with Crippen LogP contribution < -0.4 is 15.8 Å². The first-order valence-corrected chi connectivity index (χ1v) is 6.36. The van der Waals surface area contributed by atoms with Crippen molar-refractivity contribution in [1.29, 1.82) is 0 Å². The molecule has 0 spiro atoms. The van der Waals surface area contributed by atoms with E-state index in [0.717, 1.165) is 5.82 Å². The molecule has 3 N–H and O–H groups in total. The molecule has 0 aliphatic heterocycles. The van der Waals surface area contributed by atoms with Crippen LogP contribution in [0.15, 0.2) is 12.1 Å². The van der Waals surface area contributed by atoms with Gasteiger partial charge in [0, 0.05) is 7.11 Å². The third-order valence-corrected chi connectivity index (χ3v) is 2.26. The first-order valence-electron chi connectivity index (χ1n) is 6.36. The van der Waals surface area contributed by atoms with Gasteiger partial charge in [-0.15, -0.1) is 0 Å². The summed E-state index contributed by atoms with van der Waals surface area (Å²) < 4.78 is 10.9. The third-order valence-electron chi connectivity index (χ3n) is 2.26. The zero-order valence-corrected chi connectivity index (χ0v) is 12.7. The number of nitrogens with two attached hydrogens (primary N) is 1. The van der Waals surface area contributed by atoms with Crippen LogP contribution in [0.3, 0.4) is 0 Å². The smallest absolute Gasteiger partial charge is 0.239 e. The molecule has 1 heterocycles. The molecule has 0 saturated heterocycles. The van der Waals surface area contributed by atoms with Gasteiger partial charge in [-0.1, -0.05) is 0 Å². The van der Waals surface area contributed by atoms with Crippen molar-refractivity contribution in [3.05, 3.63) is 12.1 Å². The summed E-state index contributed by atoms with van der Waals surface area (Å²) in [5.74, 6) is 1.17. The van der Waals surface area contributed by atoms with Gasteiger partial charge in [0.2, 0.25) is 5.88 Å². The average Bonchev–Trinajstić information content (AvgIpc) is 2.20. The first-order chi connectivity index (χ1) is 8.63. The number of nitrogens with zero attached hydrogens (tertiary/aromatic N) is 1. The molecule has 0 fully saturated rings. The van der Waals surface area contributed by atoms with Crippen molar-refractivity contribution in [2.45, 2.75) is 45.8 Å². The van der Waals surface area contributed by atoms with Crippen LogP contribution in [0.4, 0.5) is 11.5 Å². The van der Waals surface area contributed by atoms with Gasteiger partial charge in [0.25, 0.3) is 0 Å². The van der Waals surface area contributed by atoms with E-state index in [4.69, 9.17) is 15.2 Å². The monoisotopic (exact) mass is 267 g/mol. The van der Waals surface area contributed by atoms with Crippen molar-refractivity contribution in [1.82, 2.24) is 4.98 Å². The van der Waals surface area contributed by atoms with Crippen LogP contribution in [0.1, 0.15) is 34.6 Å². The second kappa shape index (κ2) is 5.65. The molecule has 1 aromatic rings. The molecule has 0 radical (unpaired) electrons. The summed E-state index contributed by atoms with van der Waals surface area (Å²) in [5, 5.41) is 3.30. The number of nitrogen functional groups attached to an aromatic ring is 1. The molecular formula is C14H25N3O2. The van der Waals surface area contributed by atoms with Gasteiger partial charge in [0.15, 0.2) is 0 Å². The molecule has 108 valence electrons. The molecule has 19 heavy (non-hydrogen) atoms. The lowest BCUT2D eigenvalue weighted by Crippen LogP contribution is -2.36. The van der Waals surface area contributed by atoms with E-state index in [0.29, 0.717) is 18.2 Å². The Hall–Kier alpha value is -1.49. The number of aromatic nitrogens is 1. The fourth-order valence-corrected chi connectivity index (χ4v) is 1.64. The zero-order valence-electron chi connectivity index (χ0n) is 12.7. The summed E-state index contributed by atoms with van der Waals surface area (Å²) in [6.45, 7) is 10.5. The Bertz CT molecular complexity index is 425. The number of pyridine rings is 1. The Morgan fingerprint density at radius 1 is 1.21 bits per heavy atom. The summed E-state index contributed by atoms with van der Waals surface area (Å²) in [7, 11) is 1.67. The van der Waals surface area contributed by atoms with E-state index in [1.807, 2.05) is 40.7 Å². The topological polar surface area (TPSA) is 69.4 Å². The van der Waals surface area contributed by atoms with E-state index in [-0.39, 0.29) is 11.1 Å². The van der Waals surface area contributed by atoms with Crippen molar-refractivity contribution < 1.29 is 9.47 Å². The predicted octanol–water partition coefficient (Wildman–Crippen LogP) is 2.68. The van der Waals surface area contributed by atoms with Crippen molar-refractivity contribution in [2.24, 2.45) is 0 Å². The Morgan fingerprint density at radius 3 is 2.37 bits per heavy atom. The maximum Gasteiger partial charge on any atom is 0.239 e. The predicted molar refractivity (Wildman–Crippen MR) is 78.6 cm³/mol. The van der Waals surface area contributed by atoms with Crippen LogP contribution >= 0.6 is 0 Å². The first kappa shape index (κ1) is 15.6. The van der Waals surface area contributed by atoms with Gasteiger partial charge < -0.3 is 20.5 Å². The lowest BCUT2D eigenvalue weighted by Gasteiger charge is -2.27. The van der Waals surface area contributed by atoms with Crippen molar-refractivity contribution >= 4 is 11.5 Å². The summed E-state index contributed by atoms with van der Waals surface area (Å²) in [6.07, 6.45) is 0. The fourth-order valence-electron chi connectivity index (χ4n) is 1.64. The van der Waals surface area contributed by atoms with Gasteiger partial charge >= 0.3 is 0 Å². The lowest BCUT2D eigenvalue weighted by atomic mass is 10.1. The molecule has 0 amide bonds. The molecule has 5 nitrogen and oxygen atoms in total. The lowest BCUT2D eigenvalue weighted by molar-refractivity contribution is 0.125. The van der Waals surface area contributed by atoms with Crippen LogP contribution in [-0.2, 0) is 4.74 Å². The van der Waals surface area contributed by atoms with Gasteiger partial charge in [-0.3, -0.25) is 0 Å². The molecule has 0 saturated carbocycles. The highest BCUT2D eigenvalue weighted by Crippen LogP contribution is 2.26. The van der Waals surface area contributed by atoms with Gasteiger partial charge in [-0.2, -0.15) is 4.98 Å². The number of hydrogen-bond acceptors (Lipinski definition) is 5. The standard InChI is InChI=1S/C14H25N3O2/c1-13(2,3)19-12-10(15)7-8-11(16-12)17-14(4,5)9-18-6/h7-8H,9,15H2,1-6H3,(H,16,17). The highest BCUT2D eigenvalue weighted by atomic mass is 16.5. The molecule has 5 heteroatoms. The molecule has 0 aliphatic carbocycles. The number of nitrogens with one attached hydrogen (secondary N) is 1. The molecule has 0 bridgehead atoms. The van der Waals surface area contributed by atoms with Gasteiger partial charge in [0.1, 0.15) is 11.4 Å². The zero-order chi connectivity index (χ0) is 14.7. The Labute approximate surface area is 115 Å². The summed E-state index contributed by atoms with van der Waals surface area (Å²) in [6, 6.07) is 3.63. The normalized spacial score (nSPS) is 12.3. The molecule has 1 aromatic heterocycles. The Balaban J connectivity index is 2.90. The maximum atomic E-state index is 5.88. The van der Waals surface area contributed by atoms with Crippen LogP contribution in [0.25, 0.3) is 0 Å². The van der Waals surface area contributed by atoms with E-state index in [9.17, 15) is 0 Å². The minimum atomic E-state index is -0.332. The molecular weight excluding hydrogens is 242 g/mol. The van der Waals surface area contributed by atoms with Crippen molar-refractivity contribution in [3.63, 3.8) is 0 Å². The SMILES string of the molecule is COCC(C)(C)Nc1ccc(N)c(OC(C)(C)C)n1.